The number of rotatable bonds is 3. The third-order valence-corrected chi connectivity index (χ3v) is 4.78. The number of H-pyrrole nitrogens is 1. The van der Waals surface area contributed by atoms with Crippen molar-refractivity contribution < 1.29 is 9.21 Å². The summed E-state index contributed by atoms with van der Waals surface area (Å²) in [5, 5.41) is 2.19. The van der Waals surface area contributed by atoms with E-state index in [9.17, 15) is 9.59 Å². The van der Waals surface area contributed by atoms with Crippen LogP contribution in [0.5, 0.6) is 0 Å². The van der Waals surface area contributed by atoms with Crippen LogP contribution in [0.1, 0.15) is 16.1 Å². The van der Waals surface area contributed by atoms with Crippen molar-refractivity contribution in [3.8, 4) is 0 Å². The fourth-order valence-electron chi connectivity index (χ4n) is 2.65. The number of aromatic amines is 1. The zero-order valence-electron chi connectivity index (χ0n) is 13.1. The van der Waals surface area contributed by atoms with Crippen LogP contribution in [-0.4, -0.2) is 10.8 Å². The number of hydrogen-bond donors (Lipinski definition) is 1. The molecule has 4 rings (SSSR count). The van der Waals surface area contributed by atoms with E-state index in [0.717, 1.165) is 16.3 Å². The quantitative estimate of drug-likeness (QED) is 0.580. The molecule has 0 bridgehead atoms. The van der Waals surface area contributed by atoms with Gasteiger partial charge in [-0.3, -0.25) is 9.59 Å². The van der Waals surface area contributed by atoms with Crippen LogP contribution >= 0.6 is 11.3 Å². The molecule has 4 aromatic rings. The first-order valence-electron chi connectivity index (χ1n) is 7.69. The number of ketones is 1. The lowest BCUT2D eigenvalue weighted by Crippen LogP contribution is -2.20. The second-order valence-electron chi connectivity index (χ2n) is 5.48. The molecular formula is C20H13NO3S. The molecule has 122 valence electrons. The SMILES string of the molecule is O=C(C=c1[nH]c(=O)c(=Cc2cccc3ccccc23)s1)c1ccco1. The highest BCUT2D eigenvalue weighted by atomic mass is 32.1. The number of furan rings is 1. The van der Waals surface area contributed by atoms with Crippen molar-refractivity contribution >= 4 is 40.0 Å². The lowest BCUT2D eigenvalue weighted by molar-refractivity contribution is 0.103. The van der Waals surface area contributed by atoms with Gasteiger partial charge in [0.05, 0.1) is 15.5 Å². The van der Waals surface area contributed by atoms with Gasteiger partial charge in [-0.2, -0.15) is 0 Å². The van der Waals surface area contributed by atoms with Crippen molar-refractivity contribution in [2.24, 2.45) is 0 Å². The van der Waals surface area contributed by atoms with E-state index in [2.05, 4.69) is 4.98 Å². The Morgan fingerprint density at radius 1 is 1.04 bits per heavy atom. The molecule has 0 saturated carbocycles. The summed E-state index contributed by atoms with van der Waals surface area (Å²) in [6.45, 7) is 0. The predicted octanol–water partition coefficient (Wildman–Crippen LogP) is 2.67. The molecule has 0 fully saturated rings. The molecule has 0 spiro atoms. The van der Waals surface area contributed by atoms with E-state index in [4.69, 9.17) is 4.42 Å². The summed E-state index contributed by atoms with van der Waals surface area (Å²) in [6, 6.07) is 17.2. The zero-order chi connectivity index (χ0) is 17.2. The van der Waals surface area contributed by atoms with Crippen molar-refractivity contribution in [3.63, 3.8) is 0 Å². The van der Waals surface area contributed by atoms with Gasteiger partial charge >= 0.3 is 0 Å². The fraction of sp³-hybridized carbons (Fsp3) is 0. The molecule has 0 atom stereocenters. The highest BCUT2D eigenvalue weighted by molar-refractivity contribution is 7.07. The van der Waals surface area contributed by atoms with Crippen molar-refractivity contribution in [2.75, 3.05) is 0 Å². The molecule has 2 aromatic heterocycles. The van der Waals surface area contributed by atoms with Crippen molar-refractivity contribution in [2.45, 2.75) is 0 Å². The van der Waals surface area contributed by atoms with E-state index in [1.165, 1.54) is 23.7 Å². The highest BCUT2D eigenvalue weighted by Crippen LogP contribution is 2.18. The second-order valence-corrected chi connectivity index (χ2v) is 6.57. The number of nitrogens with one attached hydrogen (secondary N) is 1. The maximum absolute atomic E-state index is 12.2. The van der Waals surface area contributed by atoms with Gasteiger partial charge in [-0.15, -0.1) is 11.3 Å². The average Bonchev–Trinajstić information content (AvgIpc) is 3.26. The Labute approximate surface area is 146 Å². The number of carbonyl (C=O) groups is 1. The number of benzene rings is 2. The normalized spacial score (nSPS) is 12.8. The highest BCUT2D eigenvalue weighted by Gasteiger charge is 2.06. The van der Waals surface area contributed by atoms with Gasteiger partial charge in [0.15, 0.2) is 5.76 Å². The Balaban J connectivity index is 1.81. The third kappa shape index (κ3) is 3.09. The number of carbonyl (C=O) groups excluding carboxylic acids is 1. The van der Waals surface area contributed by atoms with Gasteiger partial charge in [-0.1, -0.05) is 42.5 Å². The lowest BCUT2D eigenvalue weighted by Gasteiger charge is -2.00. The molecule has 0 amide bonds. The minimum atomic E-state index is -0.279. The number of thiazole rings is 1. The summed E-state index contributed by atoms with van der Waals surface area (Å²) >= 11 is 1.25. The molecule has 0 radical (unpaired) electrons. The van der Waals surface area contributed by atoms with Gasteiger partial charge in [0.25, 0.3) is 5.56 Å². The number of hydrogen-bond acceptors (Lipinski definition) is 4. The van der Waals surface area contributed by atoms with Gasteiger partial charge in [-0.05, 0) is 34.5 Å². The first-order chi connectivity index (χ1) is 12.2. The first kappa shape index (κ1) is 15.4. The summed E-state index contributed by atoms with van der Waals surface area (Å²) in [5.41, 5.74) is 0.755. The fourth-order valence-corrected chi connectivity index (χ4v) is 3.53. The smallest absolute Gasteiger partial charge is 0.266 e. The van der Waals surface area contributed by atoms with Crippen LogP contribution in [0, 0.1) is 0 Å². The Hall–Kier alpha value is -3.18. The van der Waals surface area contributed by atoms with Crippen LogP contribution in [0.4, 0.5) is 0 Å². The molecule has 2 aromatic carbocycles. The van der Waals surface area contributed by atoms with Gasteiger partial charge in [-0.25, -0.2) is 0 Å². The molecule has 5 heteroatoms. The van der Waals surface area contributed by atoms with E-state index in [1.807, 2.05) is 48.5 Å². The van der Waals surface area contributed by atoms with Crippen molar-refractivity contribution in [1.29, 1.82) is 0 Å². The standard InChI is InChI=1S/C20H13NO3S/c22-16(17-9-4-10-24-17)12-19-21-20(23)18(25-19)11-14-7-3-6-13-5-1-2-8-15(13)14/h1-12H,(H,21,23). The summed E-state index contributed by atoms with van der Waals surface area (Å²) in [7, 11) is 0. The summed E-state index contributed by atoms with van der Waals surface area (Å²) < 4.78 is 6.12. The van der Waals surface area contributed by atoms with Gasteiger partial charge in [0.2, 0.25) is 5.78 Å². The second kappa shape index (κ2) is 6.37. The first-order valence-corrected chi connectivity index (χ1v) is 8.50. The number of aromatic nitrogens is 1. The Morgan fingerprint density at radius 2 is 1.88 bits per heavy atom. The molecule has 4 nitrogen and oxygen atoms in total. The number of Topliss-reactive ketones (excluding diaryl/α,β-unsaturated/α-hetero) is 1. The van der Waals surface area contributed by atoms with E-state index in [-0.39, 0.29) is 17.1 Å². The van der Waals surface area contributed by atoms with E-state index in [1.54, 1.807) is 12.1 Å². The molecule has 0 aliphatic rings. The van der Waals surface area contributed by atoms with Crippen molar-refractivity contribution in [3.05, 3.63) is 91.7 Å². The van der Waals surface area contributed by atoms with Crippen LogP contribution in [-0.2, 0) is 0 Å². The van der Waals surface area contributed by atoms with Crippen LogP contribution in [0.25, 0.3) is 22.9 Å². The summed E-state index contributed by atoms with van der Waals surface area (Å²) in [4.78, 5) is 27.0. The van der Waals surface area contributed by atoms with E-state index < -0.39 is 0 Å². The average molecular weight is 347 g/mol. The maximum Gasteiger partial charge on any atom is 0.266 e. The maximum atomic E-state index is 12.2. The molecule has 0 saturated heterocycles. The largest absolute Gasteiger partial charge is 0.461 e. The molecule has 0 aliphatic carbocycles. The van der Waals surface area contributed by atoms with Gasteiger partial charge < -0.3 is 9.40 Å². The molecule has 0 aliphatic heterocycles. The zero-order valence-corrected chi connectivity index (χ0v) is 13.9. The monoisotopic (exact) mass is 347 g/mol. The minimum Gasteiger partial charge on any atom is -0.461 e. The molecule has 2 heterocycles. The van der Waals surface area contributed by atoms with Gasteiger partial charge in [0.1, 0.15) is 0 Å². The Bertz CT molecular complexity index is 1220. The topological polar surface area (TPSA) is 63.1 Å². The lowest BCUT2D eigenvalue weighted by atomic mass is 10.0. The predicted molar refractivity (Wildman–Crippen MR) is 99.2 cm³/mol. The van der Waals surface area contributed by atoms with Crippen LogP contribution in [0.2, 0.25) is 0 Å². The summed E-state index contributed by atoms with van der Waals surface area (Å²) in [5.74, 6) is -0.0342. The third-order valence-electron chi connectivity index (χ3n) is 3.82. The molecule has 1 N–H and O–H groups in total. The number of fused-ring (bicyclic) bond motifs is 1. The van der Waals surface area contributed by atoms with E-state index >= 15 is 0 Å². The molecule has 0 unspecified atom stereocenters. The minimum absolute atomic E-state index is 0.212. The molecular weight excluding hydrogens is 334 g/mol. The van der Waals surface area contributed by atoms with Crippen LogP contribution < -0.4 is 14.8 Å². The van der Waals surface area contributed by atoms with Crippen molar-refractivity contribution in [1.82, 2.24) is 4.98 Å². The van der Waals surface area contributed by atoms with Crippen LogP contribution in [0.3, 0.4) is 0 Å². The van der Waals surface area contributed by atoms with Crippen LogP contribution in [0.15, 0.2) is 70.1 Å². The Morgan fingerprint density at radius 3 is 2.72 bits per heavy atom. The van der Waals surface area contributed by atoms with Gasteiger partial charge in [0, 0.05) is 6.08 Å². The molecule has 25 heavy (non-hydrogen) atoms. The Kier molecular flexibility index (Phi) is 3.91. The summed E-state index contributed by atoms with van der Waals surface area (Å²) in [6.07, 6.45) is 4.67. The van der Waals surface area contributed by atoms with E-state index in [0.29, 0.717) is 9.20 Å².